The summed E-state index contributed by atoms with van der Waals surface area (Å²) < 4.78 is 13.0. The van der Waals surface area contributed by atoms with Crippen LogP contribution in [0.2, 0.25) is 0 Å². The van der Waals surface area contributed by atoms with Gasteiger partial charge in [0, 0.05) is 33.2 Å². The summed E-state index contributed by atoms with van der Waals surface area (Å²) in [5.74, 6) is 0. The molecule has 2 heterocycles. The van der Waals surface area contributed by atoms with E-state index >= 15 is 0 Å². The molecule has 0 saturated heterocycles. The molecule has 3 heteroatoms. The van der Waals surface area contributed by atoms with Gasteiger partial charge in [-0.1, -0.05) is 133 Å². The van der Waals surface area contributed by atoms with Crippen molar-refractivity contribution in [2.75, 3.05) is 4.90 Å². The van der Waals surface area contributed by atoms with Crippen LogP contribution in [-0.4, -0.2) is 0 Å². The smallest absolute Gasteiger partial charge is 0.147 e. The molecule has 0 N–H and O–H groups in total. The summed E-state index contributed by atoms with van der Waals surface area (Å²) in [5.41, 5.74) is 16.9. The fraction of sp³-hybridized carbons (Fsp3) is 0.0189. The fourth-order valence-electron chi connectivity index (χ4n) is 9.09. The third-order valence-electron chi connectivity index (χ3n) is 11.7. The zero-order valence-electron chi connectivity index (χ0n) is 30.4. The van der Waals surface area contributed by atoms with E-state index in [9.17, 15) is 0 Å². The first-order valence-corrected chi connectivity index (χ1v) is 19.2. The molecule has 0 saturated carbocycles. The Labute approximate surface area is 323 Å². The van der Waals surface area contributed by atoms with Crippen LogP contribution in [0.5, 0.6) is 0 Å². The number of fused-ring (bicyclic) bond motifs is 12. The maximum atomic E-state index is 6.57. The number of benzene rings is 9. The molecule has 0 atom stereocenters. The Bertz CT molecular complexity index is 3320. The Morgan fingerprint density at radius 3 is 1.77 bits per heavy atom. The van der Waals surface area contributed by atoms with Gasteiger partial charge in [0.25, 0.3) is 0 Å². The summed E-state index contributed by atoms with van der Waals surface area (Å²) in [5, 5.41) is 6.93. The van der Waals surface area contributed by atoms with Gasteiger partial charge in [0.05, 0.1) is 5.39 Å². The van der Waals surface area contributed by atoms with E-state index in [1.807, 2.05) is 24.3 Å². The molecule has 2 aromatic heterocycles. The maximum Gasteiger partial charge on any atom is 0.147 e. The van der Waals surface area contributed by atoms with Crippen LogP contribution in [0.15, 0.2) is 197 Å². The summed E-state index contributed by atoms with van der Waals surface area (Å²) in [7, 11) is 0. The van der Waals surface area contributed by atoms with Gasteiger partial charge in [0.2, 0.25) is 0 Å². The number of para-hydroxylation sites is 3. The van der Waals surface area contributed by atoms with Crippen molar-refractivity contribution in [2.45, 2.75) is 6.42 Å². The molecule has 0 unspecified atom stereocenters. The molecular formula is C53H33NO2. The van der Waals surface area contributed by atoms with Crippen LogP contribution >= 0.6 is 0 Å². The van der Waals surface area contributed by atoms with Gasteiger partial charge in [-0.05, 0) is 116 Å². The molecule has 12 rings (SSSR count). The average molecular weight is 716 g/mol. The molecule has 0 radical (unpaired) electrons. The number of hydrogen-bond acceptors (Lipinski definition) is 3. The SMILES string of the molecule is c1ccc(N(c2ccc(-c3ccc(-c4cc5oc6ccccc6c5c5oc6ccccc6c45)cc3)cc2)c2ccc3c(c2)Cc2ccc4ccccc4c2-3)cc1. The molecule has 1 aliphatic carbocycles. The highest BCUT2D eigenvalue weighted by molar-refractivity contribution is 6.26. The largest absolute Gasteiger partial charge is 0.456 e. The molecule has 262 valence electrons. The minimum Gasteiger partial charge on any atom is -0.456 e. The van der Waals surface area contributed by atoms with Gasteiger partial charge in [0.15, 0.2) is 0 Å². The quantitative estimate of drug-likeness (QED) is 0.178. The van der Waals surface area contributed by atoms with Crippen molar-refractivity contribution in [1.82, 2.24) is 0 Å². The van der Waals surface area contributed by atoms with E-state index in [1.54, 1.807) is 0 Å². The van der Waals surface area contributed by atoms with Crippen molar-refractivity contribution >= 4 is 71.7 Å². The predicted molar refractivity (Wildman–Crippen MR) is 232 cm³/mol. The lowest BCUT2D eigenvalue weighted by Gasteiger charge is -2.26. The maximum absolute atomic E-state index is 6.57. The molecule has 0 bridgehead atoms. The van der Waals surface area contributed by atoms with Crippen molar-refractivity contribution in [3.05, 3.63) is 199 Å². The topological polar surface area (TPSA) is 29.5 Å². The Hall–Kier alpha value is -7.36. The number of rotatable bonds is 5. The molecular weight excluding hydrogens is 683 g/mol. The van der Waals surface area contributed by atoms with Gasteiger partial charge in [-0.2, -0.15) is 0 Å². The van der Waals surface area contributed by atoms with E-state index < -0.39 is 0 Å². The first kappa shape index (κ1) is 31.0. The summed E-state index contributed by atoms with van der Waals surface area (Å²) in [6.45, 7) is 0. The van der Waals surface area contributed by atoms with Crippen LogP contribution in [0.4, 0.5) is 17.1 Å². The third kappa shape index (κ3) is 4.71. The van der Waals surface area contributed by atoms with E-state index in [2.05, 4.69) is 169 Å². The predicted octanol–water partition coefficient (Wildman–Crippen LogP) is 15.0. The van der Waals surface area contributed by atoms with Gasteiger partial charge in [-0.3, -0.25) is 0 Å². The average Bonchev–Trinajstić information content (AvgIpc) is 3.95. The van der Waals surface area contributed by atoms with E-state index in [-0.39, 0.29) is 0 Å². The minimum absolute atomic E-state index is 0.830. The Balaban J connectivity index is 0.911. The number of anilines is 3. The van der Waals surface area contributed by atoms with Gasteiger partial charge in [-0.15, -0.1) is 0 Å². The highest BCUT2D eigenvalue weighted by Crippen LogP contribution is 2.46. The molecule has 0 fully saturated rings. The zero-order valence-corrected chi connectivity index (χ0v) is 30.4. The van der Waals surface area contributed by atoms with Gasteiger partial charge >= 0.3 is 0 Å². The third-order valence-corrected chi connectivity index (χ3v) is 11.7. The second-order valence-electron chi connectivity index (χ2n) is 14.8. The Morgan fingerprint density at radius 2 is 0.982 bits per heavy atom. The van der Waals surface area contributed by atoms with Crippen molar-refractivity contribution in [3.63, 3.8) is 0 Å². The molecule has 0 amide bonds. The van der Waals surface area contributed by atoms with Crippen LogP contribution in [0, 0.1) is 0 Å². The Kier molecular flexibility index (Phi) is 6.69. The highest BCUT2D eigenvalue weighted by Gasteiger charge is 2.24. The van der Waals surface area contributed by atoms with Crippen molar-refractivity contribution < 1.29 is 8.83 Å². The lowest BCUT2D eigenvalue weighted by atomic mass is 9.95. The second kappa shape index (κ2) is 12.1. The summed E-state index contributed by atoms with van der Waals surface area (Å²) >= 11 is 0. The van der Waals surface area contributed by atoms with Crippen LogP contribution in [0.25, 0.3) is 88.0 Å². The van der Waals surface area contributed by atoms with Crippen molar-refractivity contribution in [3.8, 4) is 33.4 Å². The molecule has 9 aromatic carbocycles. The van der Waals surface area contributed by atoms with Crippen LogP contribution in [-0.2, 0) is 6.42 Å². The fourth-order valence-corrected chi connectivity index (χ4v) is 9.09. The minimum atomic E-state index is 0.830. The summed E-state index contributed by atoms with van der Waals surface area (Å²) in [4.78, 5) is 2.36. The van der Waals surface area contributed by atoms with Gasteiger partial charge in [0.1, 0.15) is 22.3 Å². The molecule has 0 spiro atoms. The molecule has 1 aliphatic rings. The van der Waals surface area contributed by atoms with Crippen LogP contribution < -0.4 is 4.90 Å². The van der Waals surface area contributed by atoms with E-state index in [0.29, 0.717) is 0 Å². The molecule has 3 nitrogen and oxygen atoms in total. The summed E-state index contributed by atoms with van der Waals surface area (Å²) in [6.07, 6.45) is 0.940. The summed E-state index contributed by atoms with van der Waals surface area (Å²) in [6, 6.07) is 67.4. The van der Waals surface area contributed by atoms with Gasteiger partial charge < -0.3 is 13.7 Å². The van der Waals surface area contributed by atoms with E-state index in [4.69, 9.17) is 8.83 Å². The molecule has 0 aliphatic heterocycles. The lowest BCUT2D eigenvalue weighted by Crippen LogP contribution is -2.10. The monoisotopic (exact) mass is 715 g/mol. The van der Waals surface area contributed by atoms with E-state index in [1.165, 1.54) is 33.0 Å². The lowest BCUT2D eigenvalue weighted by molar-refractivity contribution is 0.663. The number of furan rings is 2. The number of nitrogens with zero attached hydrogens (tertiary/aromatic N) is 1. The first-order chi connectivity index (χ1) is 27.7. The van der Waals surface area contributed by atoms with Gasteiger partial charge in [-0.25, -0.2) is 0 Å². The van der Waals surface area contributed by atoms with Crippen molar-refractivity contribution in [1.29, 1.82) is 0 Å². The standard InChI is InChI=1S/C53H33NO2/c1-2-11-39(12-3-1)54(41-28-29-43-38(31-41)30-37-23-22-35-10-4-5-13-42(35)50(37)43)40-26-24-34(25-27-40)33-18-20-36(21-19-33)46-32-49-52(45-15-7-8-16-47(45)55-49)53-51(46)44-14-6-9-17-48(44)56-53/h1-29,31-32H,30H2. The highest BCUT2D eigenvalue weighted by atomic mass is 16.3. The normalized spacial score (nSPS) is 12.2. The van der Waals surface area contributed by atoms with Crippen molar-refractivity contribution in [2.24, 2.45) is 0 Å². The second-order valence-corrected chi connectivity index (χ2v) is 14.8. The molecule has 56 heavy (non-hydrogen) atoms. The first-order valence-electron chi connectivity index (χ1n) is 19.2. The molecule has 11 aromatic rings. The van der Waals surface area contributed by atoms with Crippen LogP contribution in [0.1, 0.15) is 11.1 Å². The van der Waals surface area contributed by atoms with E-state index in [0.717, 1.165) is 89.6 Å². The Morgan fingerprint density at radius 1 is 0.375 bits per heavy atom. The van der Waals surface area contributed by atoms with Crippen LogP contribution in [0.3, 0.4) is 0 Å². The zero-order chi connectivity index (χ0) is 36.7. The number of hydrogen-bond donors (Lipinski definition) is 0.